The van der Waals surface area contributed by atoms with Crippen LogP contribution in [0.1, 0.15) is 29.5 Å². The Balaban J connectivity index is 1.60. The molecule has 0 aliphatic carbocycles. The number of sulfonamides is 1. The summed E-state index contributed by atoms with van der Waals surface area (Å²) in [6.07, 6.45) is 0.903. The van der Waals surface area contributed by atoms with Gasteiger partial charge in [0, 0.05) is 30.3 Å². The fraction of sp³-hybridized carbons (Fsp3) is 0.381. The SMILES string of the molecule is Cc1ccc(C)c(NC(=O)C2CCN(S(=O)(=O)Cc3ccccc3F)CC2)c1. The lowest BCUT2D eigenvalue weighted by Gasteiger charge is -2.30. The standard InChI is InChI=1S/C21H25FN2O3S/c1-15-7-8-16(2)20(13-15)23-21(25)17-9-11-24(12-10-17)28(26,27)14-18-5-3-4-6-19(18)22/h3-8,13,17H,9-12,14H2,1-2H3,(H,23,25). The van der Waals surface area contributed by atoms with Gasteiger partial charge in [-0.25, -0.2) is 17.1 Å². The van der Waals surface area contributed by atoms with E-state index in [1.165, 1.54) is 22.5 Å². The summed E-state index contributed by atoms with van der Waals surface area (Å²) < 4.78 is 40.4. The number of rotatable bonds is 5. The molecule has 0 aromatic heterocycles. The summed E-state index contributed by atoms with van der Waals surface area (Å²) in [6.45, 7) is 4.43. The van der Waals surface area contributed by atoms with E-state index >= 15 is 0 Å². The maximum Gasteiger partial charge on any atom is 0.227 e. The van der Waals surface area contributed by atoms with Crippen molar-refractivity contribution >= 4 is 21.6 Å². The largest absolute Gasteiger partial charge is 0.326 e. The fourth-order valence-electron chi connectivity index (χ4n) is 3.40. The number of hydrogen-bond acceptors (Lipinski definition) is 3. The van der Waals surface area contributed by atoms with E-state index in [4.69, 9.17) is 0 Å². The second kappa shape index (κ2) is 8.41. The Morgan fingerprint density at radius 2 is 1.82 bits per heavy atom. The molecule has 1 amide bonds. The van der Waals surface area contributed by atoms with E-state index < -0.39 is 15.8 Å². The third-order valence-corrected chi connectivity index (χ3v) is 6.99. The molecule has 0 spiro atoms. The lowest BCUT2D eigenvalue weighted by molar-refractivity contribution is -0.120. The smallest absolute Gasteiger partial charge is 0.227 e. The van der Waals surface area contributed by atoms with Crippen molar-refractivity contribution in [1.29, 1.82) is 0 Å². The number of anilines is 1. The van der Waals surface area contributed by atoms with E-state index in [1.54, 1.807) is 6.07 Å². The van der Waals surface area contributed by atoms with Crippen LogP contribution in [-0.2, 0) is 20.6 Å². The van der Waals surface area contributed by atoms with Gasteiger partial charge in [-0.1, -0.05) is 30.3 Å². The molecular weight excluding hydrogens is 379 g/mol. The molecule has 2 aromatic carbocycles. The molecule has 2 aromatic rings. The second-order valence-electron chi connectivity index (χ2n) is 7.33. The molecule has 1 N–H and O–H groups in total. The van der Waals surface area contributed by atoms with Crippen molar-refractivity contribution in [2.75, 3.05) is 18.4 Å². The van der Waals surface area contributed by atoms with Crippen molar-refractivity contribution in [3.8, 4) is 0 Å². The van der Waals surface area contributed by atoms with Crippen molar-refractivity contribution in [3.63, 3.8) is 0 Å². The van der Waals surface area contributed by atoms with E-state index in [0.717, 1.165) is 16.8 Å². The normalized spacial score (nSPS) is 16.1. The molecule has 28 heavy (non-hydrogen) atoms. The van der Waals surface area contributed by atoms with E-state index in [-0.39, 0.29) is 36.2 Å². The monoisotopic (exact) mass is 404 g/mol. The van der Waals surface area contributed by atoms with E-state index in [0.29, 0.717) is 12.8 Å². The van der Waals surface area contributed by atoms with Gasteiger partial charge in [-0.3, -0.25) is 4.79 Å². The predicted molar refractivity (Wildman–Crippen MR) is 108 cm³/mol. The lowest BCUT2D eigenvalue weighted by Crippen LogP contribution is -2.42. The number of aryl methyl sites for hydroxylation is 2. The van der Waals surface area contributed by atoms with Gasteiger partial charge in [0.05, 0.1) is 5.75 Å². The summed E-state index contributed by atoms with van der Waals surface area (Å²) in [5.41, 5.74) is 3.01. The highest BCUT2D eigenvalue weighted by molar-refractivity contribution is 7.88. The first-order valence-corrected chi connectivity index (χ1v) is 11.0. The topological polar surface area (TPSA) is 66.5 Å². The summed E-state index contributed by atoms with van der Waals surface area (Å²) in [4.78, 5) is 12.6. The Morgan fingerprint density at radius 3 is 2.50 bits per heavy atom. The molecule has 0 atom stereocenters. The zero-order valence-corrected chi connectivity index (χ0v) is 16.9. The Morgan fingerprint density at radius 1 is 1.14 bits per heavy atom. The maximum atomic E-state index is 13.8. The van der Waals surface area contributed by atoms with Crippen LogP contribution in [0.15, 0.2) is 42.5 Å². The first kappa shape index (κ1) is 20.5. The van der Waals surface area contributed by atoms with Gasteiger partial charge in [0.15, 0.2) is 0 Å². The molecule has 3 rings (SSSR count). The van der Waals surface area contributed by atoms with Crippen molar-refractivity contribution in [2.24, 2.45) is 5.92 Å². The van der Waals surface area contributed by atoms with Crippen LogP contribution in [0.5, 0.6) is 0 Å². The van der Waals surface area contributed by atoms with E-state index in [9.17, 15) is 17.6 Å². The minimum absolute atomic E-state index is 0.0835. The van der Waals surface area contributed by atoms with Crippen molar-refractivity contribution < 1.29 is 17.6 Å². The average Bonchev–Trinajstić information content (AvgIpc) is 2.66. The molecule has 7 heteroatoms. The van der Waals surface area contributed by atoms with E-state index in [2.05, 4.69) is 5.32 Å². The molecule has 0 radical (unpaired) electrons. The van der Waals surface area contributed by atoms with Gasteiger partial charge in [-0.15, -0.1) is 0 Å². The zero-order valence-electron chi connectivity index (χ0n) is 16.1. The van der Waals surface area contributed by atoms with Gasteiger partial charge in [0.2, 0.25) is 15.9 Å². The zero-order chi connectivity index (χ0) is 20.3. The molecule has 150 valence electrons. The van der Waals surface area contributed by atoms with Crippen molar-refractivity contribution in [2.45, 2.75) is 32.4 Å². The molecule has 5 nitrogen and oxygen atoms in total. The molecule has 1 aliphatic heterocycles. The number of amides is 1. The summed E-state index contributed by atoms with van der Waals surface area (Å²) in [6, 6.07) is 11.8. The Hall–Kier alpha value is -2.25. The molecule has 0 bridgehead atoms. The van der Waals surface area contributed by atoms with Crippen LogP contribution in [0.25, 0.3) is 0 Å². The molecule has 0 saturated carbocycles. The quantitative estimate of drug-likeness (QED) is 0.828. The number of carbonyl (C=O) groups excluding carboxylic acids is 1. The highest BCUT2D eigenvalue weighted by atomic mass is 32.2. The first-order chi connectivity index (χ1) is 13.3. The predicted octanol–water partition coefficient (Wildman–Crippen LogP) is 3.62. The Kier molecular flexibility index (Phi) is 6.15. The minimum Gasteiger partial charge on any atom is -0.326 e. The van der Waals surface area contributed by atoms with Gasteiger partial charge >= 0.3 is 0 Å². The van der Waals surface area contributed by atoms with Crippen molar-refractivity contribution in [1.82, 2.24) is 4.31 Å². The van der Waals surface area contributed by atoms with Gasteiger partial charge in [0.1, 0.15) is 5.82 Å². The Bertz CT molecular complexity index is 967. The van der Waals surface area contributed by atoms with Gasteiger partial charge < -0.3 is 5.32 Å². The number of halogens is 1. The number of nitrogens with zero attached hydrogens (tertiary/aromatic N) is 1. The minimum atomic E-state index is -3.62. The van der Waals surface area contributed by atoms with Crippen LogP contribution < -0.4 is 5.32 Å². The number of piperidine rings is 1. The van der Waals surface area contributed by atoms with Crippen LogP contribution in [0.4, 0.5) is 10.1 Å². The molecular formula is C21H25FN2O3S. The Labute approximate surface area is 165 Å². The van der Waals surface area contributed by atoms with Crippen molar-refractivity contribution in [3.05, 3.63) is 65.0 Å². The number of hydrogen-bond donors (Lipinski definition) is 1. The van der Waals surface area contributed by atoms with E-state index in [1.807, 2.05) is 32.0 Å². The molecule has 1 heterocycles. The third-order valence-electron chi connectivity index (χ3n) is 5.16. The lowest BCUT2D eigenvalue weighted by atomic mass is 9.97. The highest BCUT2D eigenvalue weighted by Crippen LogP contribution is 2.25. The summed E-state index contributed by atoms with van der Waals surface area (Å²) in [5, 5.41) is 2.97. The number of benzene rings is 2. The number of carbonyl (C=O) groups is 1. The first-order valence-electron chi connectivity index (χ1n) is 9.35. The third kappa shape index (κ3) is 4.77. The van der Waals surface area contributed by atoms with Gasteiger partial charge in [-0.2, -0.15) is 0 Å². The van der Waals surface area contributed by atoms with Gasteiger partial charge in [-0.05, 0) is 49.9 Å². The summed E-state index contributed by atoms with van der Waals surface area (Å²) >= 11 is 0. The maximum absolute atomic E-state index is 13.8. The summed E-state index contributed by atoms with van der Waals surface area (Å²) in [7, 11) is -3.62. The molecule has 1 fully saturated rings. The highest BCUT2D eigenvalue weighted by Gasteiger charge is 2.31. The van der Waals surface area contributed by atoms with Crippen LogP contribution in [-0.4, -0.2) is 31.7 Å². The average molecular weight is 405 g/mol. The fourth-order valence-corrected chi connectivity index (χ4v) is 4.98. The van der Waals surface area contributed by atoms with Crippen LogP contribution in [0.3, 0.4) is 0 Å². The molecule has 0 unspecified atom stereocenters. The van der Waals surface area contributed by atoms with Gasteiger partial charge in [0.25, 0.3) is 0 Å². The number of nitrogens with one attached hydrogen (secondary N) is 1. The summed E-state index contributed by atoms with van der Waals surface area (Å²) in [5.74, 6) is -1.20. The van der Waals surface area contributed by atoms with Crippen LogP contribution in [0, 0.1) is 25.6 Å². The molecule has 1 aliphatic rings. The van der Waals surface area contributed by atoms with Crippen LogP contribution >= 0.6 is 0 Å². The molecule has 1 saturated heterocycles. The second-order valence-corrected chi connectivity index (χ2v) is 9.30. The van der Waals surface area contributed by atoms with Crippen LogP contribution in [0.2, 0.25) is 0 Å².